The first-order chi connectivity index (χ1) is 13.8. The number of benzene rings is 2. The zero-order valence-electron chi connectivity index (χ0n) is 15.2. The minimum atomic E-state index is -0.0671. The van der Waals surface area contributed by atoms with Crippen molar-refractivity contribution in [2.45, 2.75) is 21.7 Å². The van der Waals surface area contributed by atoms with Gasteiger partial charge in [-0.05, 0) is 47.8 Å². The monoisotopic (exact) mass is 444 g/mol. The minimum Gasteiger partial charge on any atom is -0.322 e. The Labute approximate surface area is 182 Å². The van der Waals surface area contributed by atoms with Crippen LogP contribution in [0.25, 0.3) is 0 Å². The first-order valence-corrected chi connectivity index (χ1v) is 13.1. The number of carbonyl (C=O) groups is 1. The molecule has 0 aliphatic carbocycles. The second-order valence-electron chi connectivity index (χ2n) is 6.27. The molecule has 2 heterocycles. The normalized spacial score (nSPS) is 14.7. The molecule has 7 heteroatoms. The fourth-order valence-electron chi connectivity index (χ4n) is 2.88. The van der Waals surface area contributed by atoms with Crippen LogP contribution in [0.2, 0.25) is 0 Å². The Morgan fingerprint density at radius 3 is 2.82 bits per heavy atom. The third-order valence-corrected chi connectivity index (χ3v) is 8.99. The summed E-state index contributed by atoms with van der Waals surface area (Å²) < 4.78 is 0.464. The molecule has 3 nitrogen and oxygen atoms in total. The van der Waals surface area contributed by atoms with E-state index in [0.717, 1.165) is 22.0 Å². The van der Waals surface area contributed by atoms with Gasteiger partial charge in [-0.1, -0.05) is 24.3 Å². The predicted molar refractivity (Wildman–Crippen MR) is 125 cm³/mol. The molecule has 0 radical (unpaired) electrons. The average molecular weight is 445 g/mol. The van der Waals surface area contributed by atoms with Gasteiger partial charge in [-0.15, -0.1) is 46.6 Å². The van der Waals surface area contributed by atoms with Crippen molar-refractivity contribution in [1.29, 1.82) is 0 Å². The van der Waals surface area contributed by atoms with Gasteiger partial charge in [0.25, 0.3) is 5.91 Å². The summed E-state index contributed by atoms with van der Waals surface area (Å²) >= 11 is 7.22. The standard InChI is InChI=1S/C21H20N2OS4/c24-20(18-7-1-2-8-19(18)28-13-17-12-25-14-22-17)23-16-6-3-5-15(11-16)21-26-9-4-10-27-21/h1-3,5-8,11-12,14,21H,4,9-10,13H2,(H,23,24). The number of nitrogens with one attached hydrogen (secondary N) is 1. The summed E-state index contributed by atoms with van der Waals surface area (Å²) in [6.45, 7) is 0. The van der Waals surface area contributed by atoms with Crippen LogP contribution in [0.4, 0.5) is 5.69 Å². The molecule has 1 N–H and O–H groups in total. The molecule has 1 saturated heterocycles. The quantitative estimate of drug-likeness (QED) is 0.436. The number of thiazole rings is 1. The molecule has 1 aromatic heterocycles. The van der Waals surface area contributed by atoms with Crippen molar-refractivity contribution in [3.8, 4) is 0 Å². The molecule has 3 aromatic rings. The second kappa shape index (κ2) is 9.87. The molecule has 0 bridgehead atoms. The number of hydrogen-bond donors (Lipinski definition) is 1. The van der Waals surface area contributed by atoms with Gasteiger partial charge in [-0.2, -0.15) is 0 Å². The van der Waals surface area contributed by atoms with Crippen LogP contribution in [0.1, 0.15) is 32.6 Å². The molecular formula is C21H20N2OS4. The highest BCUT2D eigenvalue weighted by molar-refractivity contribution is 8.16. The van der Waals surface area contributed by atoms with E-state index in [9.17, 15) is 4.79 Å². The van der Waals surface area contributed by atoms with Gasteiger partial charge in [0, 0.05) is 21.7 Å². The molecular weight excluding hydrogens is 425 g/mol. The van der Waals surface area contributed by atoms with E-state index in [0.29, 0.717) is 10.1 Å². The molecule has 28 heavy (non-hydrogen) atoms. The van der Waals surface area contributed by atoms with Crippen molar-refractivity contribution in [2.75, 3.05) is 16.8 Å². The number of nitrogens with zero attached hydrogens (tertiary/aromatic N) is 1. The Balaban J connectivity index is 1.46. The van der Waals surface area contributed by atoms with Gasteiger partial charge in [-0.25, -0.2) is 4.98 Å². The van der Waals surface area contributed by atoms with E-state index < -0.39 is 0 Å². The Morgan fingerprint density at radius 2 is 2.00 bits per heavy atom. The average Bonchev–Trinajstić information content (AvgIpc) is 3.27. The number of aromatic nitrogens is 1. The zero-order valence-corrected chi connectivity index (χ0v) is 18.4. The number of rotatable bonds is 6. The molecule has 144 valence electrons. The van der Waals surface area contributed by atoms with Crippen LogP contribution in [-0.4, -0.2) is 22.4 Å². The first-order valence-electron chi connectivity index (χ1n) is 9.03. The SMILES string of the molecule is O=C(Nc1cccc(C2SCCCS2)c1)c1ccccc1SCc1cscn1. The number of amides is 1. The van der Waals surface area contributed by atoms with E-state index in [-0.39, 0.29) is 5.91 Å². The fourth-order valence-corrected chi connectivity index (χ4v) is 7.37. The van der Waals surface area contributed by atoms with Gasteiger partial charge < -0.3 is 5.32 Å². The number of hydrogen-bond acceptors (Lipinski definition) is 6. The lowest BCUT2D eigenvalue weighted by Crippen LogP contribution is -2.13. The van der Waals surface area contributed by atoms with Crippen LogP contribution in [0.3, 0.4) is 0 Å². The smallest absolute Gasteiger partial charge is 0.256 e. The van der Waals surface area contributed by atoms with Gasteiger partial charge in [0.1, 0.15) is 0 Å². The van der Waals surface area contributed by atoms with Crippen molar-refractivity contribution >= 4 is 58.2 Å². The van der Waals surface area contributed by atoms with E-state index in [4.69, 9.17) is 0 Å². The van der Waals surface area contributed by atoms with Crippen LogP contribution >= 0.6 is 46.6 Å². The molecule has 0 saturated carbocycles. The highest BCUT2D eigenvalue weighted by Crippen LogP contribution is 2.44. The summed E-state index contributed by atoms with van der Waals surface area (Å²) in [4.78, 5) is 18.2. The molecule has 0 spiro atoms. The Kier molecular flexibility index (Phi) is 7.01. The number of thioether (sulfide) groups is 3. The van der Waals surface area contributed by atoms with Crippen LogP contribution in [0.5, 0.6) is 0 Å². The lowest BCUT2D eigenvalue weighted by Gasteiger charge is -2.21. The van der Waals surface area contributed by atoms with Crippen LogP contribution in [0, 0.1) is 0 Å². The maximum atomic E-state index is 12.9. The Bertz CT molecular complexity index is 924. The molecule has 1 fully saturated rings. The van der Waals surface area contributed by atoms with E-state index in [1.165, 1.54) is 23.5 Å². The van der Waals surface area contributed by atoms with Crippen molar-refractivity contribution in [3.63, 3.8) is 0 Å². The lowest BCUT2D eigenvalue weighted by molar-refractivity contribution is 0.102. The Hall–Kier alpha value is -1.41. The molecule has 1 amide bonds. The van der Waals surface area contributed by atoms with Crippen molar-refractivity contribution in [2.24, 2.45) is 0 Å². The molecule has 4 rings (SSSR count). The van der Waals surface area contributed by atoms with Gasteiger partial charge in [0.15, 0.2) is 0 Å². The molecule has 0 unspecified atom stereocenters. The largest absolute Gasteiger partial charge is 0.322 e. The minimum absolute atomic E-state index is 0.0671. The summed E-state index contributed by atoms with van der Waals surface area (Å²) in [7, 11) is 0. The van der Waals surface area contributed by atoms with E-state index in [2.05, 4.69) is 22.4 Å². The molecule has 1 aliphatic rings. The third-order valence-electron chi connectivity index (χ3n) is 4.23. The number of carbonyl (C=O) groups excluding carboxylic acids is 1. The molecule has 2 aromatic carbocycles. The van der Waals surface area contributed by atoms with Gasteiger partial charge in [0.2, 0.25) is 0 Å². The second-order valence-corrected chi connectivity index (χ2v) is 10.7. The highest BCUT2D eigenvalue weighted by Gasteiger charge is 2.18. The topological polar surface area (TPSA) is 42.0 Å². The summed E-state index contributed by atoms with van der Waals surface area (Å²) in [6, 6.07) is 16.0. The maximum Gasteiger partial charge on any atom is 0.256 e. The highest BCUT2D eigenvalue weighted by atomic mass is 32.2. The van der Waals surface area contributed by atoms with Gasteiger partial charge >= 0.3 is 0 Å². The van der Waals surface area contributed by atoms with Gasteiger partial charge in [0.05, 0.1) is 21.3 Å². The summed E-state index contributed by atoms with van der Waals surface area (Å²) in [5.41, 5.74) is 5.71. The first kappa shape index (κ1) is 19.9. The number of anilines is 1. The van der Waals surface area contributed by atoms with E-state index >= 15 is 0 Å². The summed E-state index contributed by atoms with van der Waals surface area (Å²) in [5, 5.41) is 5.13. The molecule has 0 atom stereocenters. The Morgan fingerprint density at radius 1 is 1.14 bits per heavy atom. The van der Waals surface area contributed by atoms with E-state index in [1.54, 1.807) is 23.1 Å². The van der Waals surface area contributed by atoms with Crippen LogP contribution in [-0.2, 0) is 5.75 Å². The van der Waals surface area contributed by atoms with Crippen molar-refractivity contribution in [1.82, 2.24) is 4.98 Å². The van der Waals surface area contributed by atoms with Crippen molar-refractivity contribution < 1.29 is 4.79 Å². The summed E-state index contributed by atoms with van der Waals surface area (Å²) in [6.07, 6.45) is 1.28. The van der Waals surface area contributed by atoms with Gasteiger partial charge in [-0.3, -0.25) is 4.79 Å². The fraction of sp³-hybridized carbons (Fsp3) is 0.238. The molecule has 1 aliphatic heterocycles. The summed E-state index contributed by atoms with van der Waals surface area (Å²) in [5.74, 6) is 3.11. The van der Waals surface area contributed by atoms with Crippen LogP contribution < -0.4 is 5.32 Å². The van der Waals surface area contributed by atoms with Crippen LogP contribution in [0.15, 0.2) is 64.3 Å². The van der Waals surface area contributed by atoms with E-state index in [1.807, 2.05) is 70.8 Å². The third kappa shape index (κ3) is 5.14. The lowest BCUT2D eigenvalue weighted by atomic mass is 10.2. The maximum absolute atomic E-state index is 12.9. The predicted octanol–water partition coefficient (Wildman–Crippen LogP) is 6.56. The zero-order chi connectivity index (χ0) is 19.2. The van der Waals surface area contributed by atoms with Crippen molar-refractivity contribution in [3.05, 3.63) is 76.2 Å².